The number of benzene rings is 1. The Morgan fingerprint density at radius 2 is 1.78 bits per heavy atom. The second-order valence-corrected chi connectivity index (χ2v) is 8.64. The van der Waals surface area contributed by atoms with E-state index in [1.807, 2.05) is 12.1 Å². The van der Waals surface area contributed by atoms with Crippen molar-refractivity contribution in [2.75, 3.05) is 20.5 Å². The summed E-state index contributed by atoms with van der Waals surface area (Å²) in [5.74, 6) is 1.95. The van der Waals surface area contributed by atoms with E-state index in [1.165, 1.54) is 11.1 Å². The molecule has 0 saturated carbocycles. The van der Waals surface area contributed by atoms with Gasteiger partial charge in [0, 0.05) is 0 Å². The maximum absolute atomic E-state index is 5.98. The average molecular weight is 374 g/mol. The first-order valence-corrected chi connectivity index (χ1v) is 9.84. The normalized spacial score (nSPS) is 20.6. The fourth-order valence-electron chi connectivity index (χ4n) is 2.26. The van der Waals surface area contributed by atoms with Gasteiger partial charge in [-0.15, -0.1) is 0 Å². The van der Waals surface area contributed by atoms with Gasteiger partial charge in [0.2, 0.25) is 0 Å². The van der Waals surface area contributed by atoms with Crippen LogP contribution < -0.4 is 9.47 Å². The zero-order valence-corrected chi connectivity index (χ0v) is 13.1. The van der Waals surface area contributed by atoms with E-state index in [4.69, 9.17) is 16.5 Å². The van der Waals surface area contributed by atoms with Crippen molar-refractivity contribution >= 4 is 34.1 Å². The van der Waals surface area contributed by atoms with Gasteiger partial charge in [0.05, 0.1) is 0 Å². The molecule has 0 amide bonds. The van der Waals surface area contributed by atoms with Gasteiger partial charge in [0.1, 0.15) is 0 Å². The van der Waals surface area contributed by atoms with E-state index < -0.39 is 5.03 Å². The van der Waals surface area contributed by atoms with Crippen molar-refractivity contribution in [2.45, 2.75) is 13.1 Å². The molecule has 0 fully saturated rings. The van der Waals surface area contributed by atoms with Crippen LogP contribution in [0.1, 0.15) is 11.1 Å². The first-order valence-electron chi connectivity index (χ1n) is 5.69. The van der Waals surface area contributed by atoms with Crippen molar-refractivity contribution in [1.82, 2.24) is 9.57 Å². The molecular formula is C11H13BIN2O2P. The average Bonchev–Trinajstić information content (AvgIpc) is 2.37. The van der Waals surface area contributed by atoms with Gasteiger partial charge in [0.15, 0.2) is 0 Å². The standard InChI is InChI=1S/C11H13BIN2O2P/c1-14-4-8-9-5-15(18(12)13)7-17-11(9)3-2-10(8)16-6-14/h2-3H,4-7H2,1H3. The molecule has 0 bridgehead atoms. The Morgan fingerprint density at radius 3 is 2.44 bits per heavy atom. The molecule has 18 heavy (non-hydrogen) atoms. The van der Waals surface area contributed by atoms with Crippen LogP contribution in [0.25, 0.3) is 0 Å². The third kappa shape index (κ3) is 2.31. The molecule has 0 aliphatic carbocycles. The molecule has 3 rings (SSSR count). The third-order valence-electron chi connectivity index (χ3n) is 3.19. The van der Waals surface area contributed by atoms with Gasteiger partial charge in [-0.1, -0.05) is 0 Å². The summed E-state index contributed by atoms with van der Waals surface area (Å²) in [6.45, 7) is 2.97. The number of rotatable bonds is 0. The van der Waals surface area contributed by atoms with Crippen LogP contribution in [0, 0.1) is 0 Å². The Bertz CT molecular complexity index is 560. The number of hydrogen-bond acceptors (Lipinski definition) is 4. The van der Waals surface area contributed by atoms with Gasteiger partial charge >= 0.3 is 121 Å². The van der Waals surface area contributed by atoms with E-state index in [9.17, 15) is 0 Å². The molecule has 0 saturated heterocycles. The van der Waals surface area contributed by atoms with Crippen LogP contribution in [0.15, 0.2) is 12.1 Å². The summed E-state index contributed by atoms with van der Waals surface area (Å²) in [4.78, 5) is 2.15. The quantitative estimate of drug-likeness (QED) is 0.396. The van der Waals surface area contributed by atoms with E-state index in [0.717, 1.165) is 24.6 Å². The fourth-order valence-corrected chi connectivity index (χ4v) is 3.53. The summed E-state index contributed by atoms with van der Waals surface area (Å²) in [5, 5.41) is -0.644. The molecule has 0 spiro atoms. The minimum absolute atomic E-state index is 0.577. The molecule has 2 aliphatic rings. The summed E-state index contributed by atoms with van der Waals surface area (Å²) in [7, 11) is 8.04. The summed E-state index contributed by atoms with van der Waals surface area (Å²) >= 11 is 2.27. The van der Waals surface area contributed by atoms with Gasteiger partial charge in [0.25, 0.3) is 0 Å². The Labute approximate surface area is 121 Å². The topological polar surface area (TPSA) is 24.9 Å². The summed E-state index contributed by atoms with van der Waals surface area (Å²) < 4.78 is 13.7. The molecule has 0 radical (unpaired) electrons. The van der Waals surface area contributed by atoms with E-state index in [-0.39, 0.29) is 0 Å². The molecule has 4 nitrogen and oxygen atoms in total. The van der Waals surface area contributed by atoms with Crippen molar-refractivity contribution in [1.29, 1.82) is 0 Å². The van der Waals surface area contributed by atoms with Crippen molar-refractivity contribution in [2.24, 2.45) is 0 Å². The second kappa shape index (κ2) is 5.08. The molecular weight excluding hydrogens is 361 g/mol. The van der Waals surface area contributed by atoms with Gasteiger partial charge in [-0.3, -0.25) is 0 Å². The Morgan fingerprint density at radius 1 is 1.17 bits per heavy atom. The van der Waals surface area contributed by atoms with Gasteiger partial charge in [-0.25, -0.2) is 0 Å². The number of halogens is 1. The third-order valence-corrected chi connectivity index (χ3v) is 5.82. The van der Waals surface area contributed by atoms with E-state index >= 15 is 0 Å². The Kier molecular flexibility index (Phi) is 3.62. The van der Waals surface area contributed by atoms with Crippen LogP contribution in [0.5, 0.6) is 11.5 Å². The minimum atomic E-state index is -0.644. The monoisotopic (exact) mass is 374 g/mol. The van der Waals surface area contributed by atoms with Crippen LogP contribution in [-0.2, 0) is 13.1 Å². The van der Waals surface area contributed by atoms with Crippen molar-refractivity contribution in [3.8, 4) is 11.5 Å². The second-order valence-electron chi connectivity index (χ2n) is 4.53. The predicted molar refractivity (Wildman–Crippen MR) is 81.1 cm³/mol. The molecule has 2 heterocycles. The van der Waals surface area contributed by atoms with Crippen molar-refractivity contribution in [3.05, 3.63) is 23.3 Å². The Balaban J connectivity index is 2.01. The van der Waals surface area contributed by atoms with Gasteiger partial charge < -0.3 is 0 Å². The summed E-state index contributed by atoms with van der Waals surface area (Å²) in [5.41, 5.74) is 2.46. The maximum atomic E-state index is 5.98. The summed E-state index contributed by atoms with van der Waals surface area (Å²) in [6.07, 6.45) is 0. The molecule has 1 atom stereocenters. The SMILES string of the molecule is B#P(I)N1COc2ccc3c(c2C1)CN(C)CO3. The van der Waals surface area contributed by atoms with E-state index in [1.54, 1.807) is 0 Å². The zero-order valence-electron chi connectivity index (χ0n) is 10.1. The van der Waals surface area contributed by atoms with E-state index in [0.29, 0.717) is 13.5 Å². The molecule has 1 aromatic carbocycles. The zero-order chi connectivity index (χ0) is 12.7. The first-order chi connectivity index (χ1) is 8.65. The fraction of sp³-hybridized carbons (Fsp3) is 0.455. The molecule has 1 unspecified atom stereocenters. The number of nitrogens with zero attached hydrogens (tertiary/aromatic N) is 2. The Hall–Kier alpha value is -0.165. The molecule has 7 heteroatoms. The predicted octanol–water partition coefficient (Wildman–Crippen LogP) is 2.45. The van der Waals surface area contributed by atoms with Crippen molar-refractivity contribution < 1.29 is 9.47 Å². The number of hydrogen-bond donors (Lipinski definition) is 0. The molecule has 2 aliphatic heterocycles. The molecule has 0 N–H and O–H groups in total. The molecule has 1 aromatic rings. The van der Waals surface area contributed by atoms with Crippen LogP contribution >= 0.6 is 27.1 Å². The van der Waals surface area contributed by atoms with Crippen LogP contribution in [0.2, 0.25) is 0 Å². The summed E-state index contributed by atoms with van der Waals surface area (Å²) in [6, 6.07) is 4.01. The first kappa shape index (κ1) is 12.8. The number of fused-ring (bicyclic) bond motifs is 3. The van der Waals surface area contributed by atoms with E-state index in [2.05, 4.69) is 38.7 Å². The van der Waals surface area contributed by atoms with Crippen molar-refractivity contribution in [3.63, 3.8) is 0 Å². The van der Waals surface area contributed by atoms with Gasteiger partial charge in [-0.05, 0) is 0 Å². The van der Waals surface area contributed by atoms with Crippen LogP contribution in [0.4, 0.5) is 0 Å². The van der Waals surface area contributed by atoms with Gasteiger partial charge in [-0.2, -0.15) is 0 Å². The van der Waals surface area contributed by atoms with Crippen LogP contribution in [0.3, 0.4) is 0 Å². The van der Waals surface area contributed by atoms with Crippen LogP contribution in [-0.4, -0.2) is 37.1 Å². The number of ether oxygens (including phenoxy) is 2. The molecule has 0 aromatic heterocycles. The molecule has 94 valence electrons.